The SMILES string of the molecule is CCCNCc1ccc(Br)cc1N1CCC(O)C(C)C1. The molecule has 0 bridgehead atoms. The van der Waals surface area contributed by atoms with E-state index < -0.39 is 0 Å². The Balaban J connectivity index is 2.14. The predicted octanol–water partition coefficient (Wildman–Crippen LogP) is 3.16. The minimum atomic E-state index is -0.153. The molecule has 1 saturated heterocycles. The van der Waals surface area contributed by atoms with Crippen LogP contribution < -0.4 is 10.2 Å². The Morgan fingerprint density at radius 1 is 1.45 bits per heavy atom. The van der Waals surface area contributed by atoms with Crippen LogP contribution in [0.2, 0.25) is 0 Å². The number of nitrogens with one attached hydrogen (secondary N) is 1. The molecule has 4 heteroatoms. The summed E-state index contributed by atoms with van der Waals surface area (Å²) in [7, 11) is 0. The van der Waals surface area contributed by atoms with Crippen molar-refractivity contribution in [3.63, 3.8) is 0 Å². The number of nitrogens with zero attached hydrogens (tertiary/aromatic N) is 1. The van der Waals surface area contributed by atoms with E-state index in [9.17, 15) is 5.11 Å². The van der Waals surface area contributed by atoms with Gasteiger partial charge in [-0.3, -0.25) is 0 Å². The molecule has 1 aromatic rings. The zero-order chi connectivity index (χ0) is 14.5. The van der Waals surface area contributed by atoms with Gasteiger partial charge in [-0.05, 0) is 43.0 Å². The van der Waals surface area contributed by atoms with Gasteiger partial charge in [-0.2, -0.15) is 0 Å². The highest BCUT2D eigenvalue weighted by molar-refractivity contribution is 9.10. The van der Waals surface area contributed by atoms with E-state index in [1.807, 2.05) is 0 Å². The lowest BCUT2D eigenvalue weighted by atomic mass is 9.95. The Morgan fingerprint density at radius 2 is 2.25 bits per heavy atom. The smallest absolute Gasteiger partial charge is 0.0599 e. The molecule has 0 saturated carbocycles. The lowest BCUT2D eigenvalue weighted by molar-refractivity contribution is 0.0970. The highest BCUT2D eigenvalue weighted by Crippen LogP contribution is 2.29. The van der Waals surface area contributed by atoms with Crippen LogP contribution in [0.1, 0.15) is 32.3 Å². The average Bonchev–Trinajstić information content (AvgIpc) is 2.44. The van der Waals surface area contributed by atoms with Crippen molar-refractivity contribution in [1.82, 2.24) is 5.32 Å². The van der Waals surface area contributed by atoms with E-state index in [-0.39, 0.29) is 6.10 Å². The average molecular weight is 341 g/mol. The van der Waals surface area contributed by atoms with E-state index in [4.69, 9.17) is 0 Å². The van der Waals surface area contributed by atoms with Crippen LogP contribution in [-0.2, 0) is 6.54 Å². The summed E-state index contributed by atoms with van der Waals surface area (Å²) in [5, 5.41) is 13.4. The second-order valence-electron chi connectivity index (χ2n) is 5.73. The third-order valence-electron chi connectivity index (χ3n) is 3.99. The summed E-state index contributed by atoms with van der Waals surface area (Å²) < 4.78 is 1.12. The molecule has 1 aliphatic heterocycles. The van der Waals surface area contributed by atoms with Crippen molar-refractivity contribution in [1.29, 1.82) is 0 Å². The molecule has 1 fully saturated rings. The van der Waals surface area contributed by atoms with E-state index in [0.717, 1.165) is 43.5 Å². The number of halogens is 1. The molecule has 2 unspecified atom stereocenters. The summed E-state index contributed by atoms with van der Waals surface area (Å²) in [6.45, 7) is 8.13. The molecule has 0 aliphatic carbocycles. The summed E-state index contributed by atoms with van der Waals surface area (Å²) in [5.41, 5.74) is 2.63. The first-order valence-electron chi connectivity index (χ1n) is 7.54. The normalized spacial score (nSPS) is 23.1. The van der Waals surface area contributed by atoms with Gasteiger partial charge in [0.1, 0.15) is 0 Å². The van der Waals surface area contributed by atoms with Gasteiger partial charge in [0, 0.05) is 29.8 Å². The molecular weight excluding hydrogens is 316 g/mol. The number of piperidine rings is 1. The first-order valence-corrected chi connectivity index (χ1v) is 8.33. The molecule has 3 nitrogen and oxygen atoms in total. The monoisotopic (exact) mass is 340 g/mol. The van der Waals surface area contributed by atoms with E-state index in [1.54, 1.807) is 0 Å². The fraction of sp³-hybridized carbons (Fsp3) is 0.625. The summed E-state index contributed by atoms with van der Waals surface area (Å²) in [6.07, 6.45) is 1.86. The molecule has 112 valence electrons. The highest BCUT2D eigenvalue weighted by Gasteiger charge is 2.25. The van der Waals surface area contributed by atoms with Crippen molar-refractivity contribution < 1.29 is 5.11 Å². The molecule has 0 amide bonds. The van der Waals surface area contributed by atoms with E-state index >= 15 is 0 Å². The summed E-state index contributed by atoms with van der Waals surface area (Å²) in [5.74, 6) is 0.333. The maximum Gasteiger partial charge on any atom is 0.0599 e. The second-order valence-corrected chi connectivity index (χ2v) is 6.64. The number of aliphatic hydroxyl groups is 1. The molecule has 0 radical (unpaired) electrons. The quantitative estimate of drug-likeness (QED) is 0.808. The third kappa shape index (κ3) is 3.96. The minimum absolute atomic E-state index is 0.153. The topological polar surface area (TPSA) is 35.5 Å². The summed E-state index contributed by atoms with van der Waals surface area (Å²) in [4.78, 5) is 2.41. The Kier molecular flexibility index (Phi) is 5.87. The van der Waals surface area contributed by atoms with Crippen LogP contribution in [0.4, 0.5) is 5.69 Å². The van der Waals surface area contributed by atoms with E-state index in [1.165, 1.54) is 11.3 Å². The van der Waals surface area contributed by atoms with Gasteiger partial charge in [0.05, 0.1) is 6.10 Å². The first kappa shape index (κ1) is 15.8. The Hall–Kier alpha value is -0.580. The van der Waals surface area contributed by atoms with Crippen LogP contribution in [0, 0.1) is 5.92 Å². The van der Waals surface area contributed by atoms with Crippen molar-refractivity contribution in [2.75, 3.05) is 24.5 Å². The van der Waals surface area contributed by atoms with Gasteiger partial charge in [-0.25, -0.2) is 0 Å². The lowest BCUT2D eigenvalue weighted by Crippen LogP contribution is -2.42. The molecule has 2 rings (SSSR count). The predicted molar refractivity (Wildman–Crippen MR) is 88.1 cm³/mol. The van der Waals surface area contributed by atoms with Crippen LogP contribution in [0.25, 0.3) is 0 Å². The number of rotatable bonds is 5. The van der Waals surface area contributed by atoms with Crippen molar-refractivity contribution in [2.24, 2.45) is 5.92 Å². The van der Waals surface area contributed by atoms with Gasteiger partial charge < -0.3 is 15.3 Å². The molecule has 1 heterocycles. The third-order valence-corrected chi connectivity index (χ3v) is 4.48. The van der Waals surface area contributed by atoms with Crippen LogP contribution >= 0.6 is 15.9 Å². The van der Waals surface area contributed by atoms with Gasteiger partial charge in [-0.15, -0.1) is 0 Å². The molecule has 0 aromatic heterocycles. The van der Waals surface area contributed by atoms with E-state index in [0.29, 0.717) is 5.92 Å². The number of aliphatic hydroxyl groups excluding tert-OH is 1. The maximum atomic E-state index is 9.89. The van der Waals surface area contributed by atoms with Crippen molar-refractivity contribution in [3.8, 4) is 0 Å². The highest BCUT2D eigenvalue weighted by atomic mass is 79.9. The number of hydrogen-bond donors (Lipinski definition) is 2. The van der Waals surface area contributed by atoms with Gasteiger partial charge in [0.25, 0.3) is 0 Å². The number of benzene rings is 1. The van der Waals surface area contributed by atoms with Crippen LogP contribution in [-0.4, -0.2) is 30.8 Å². The lowest BCUT2D eigenvalue weighted by Gasteiger charge is -2.37. The molecule has 20 heavy (non-hydrogen) atoms. The molecular formula is C16H25BrN2O. The summed E-state index contributed by atoms with van der Waals surface area (Å²) >= 11 is 3.58. The molecule has 2 atom stereocenters. The molecule has 1 aliphatic rings. The fourth-order valence-corrected chi connectivity index (χ4v) is 3.08. The Morgan fingerprint density at radius 3 is 2.95 bits per heavy atom. The van der Waals surface area contributed by atoms with Crippen LogP contribution in [0.15, 0.2) is 22.7 Å². The maximum absolute atomic E-state index is 9.89. The van der Waals surface area contributed by atoms with Crippen molar-refractivity contribution in [2.45, 2.75) is 39.3 Å². The minimum Gasteiger partial charge on any atom is -0.393 e. The fourth-order valence-electron chi connectivity index (χ4n) is 2.73. The zero-order valence-corrected chi connectivity index (χ0v) is 14.0. The number of hydrogen-bond acceptors (Lipinski definition) is 3. The van der Waals surface area contributed by atoms with Gasteiger partial charge in [0.2, 0.25) is 0 Å². The van der Waals surface area contributed by atoms with Crippen molar-refractivity contribution in [3.05, 3.63) is 28.2 Å². The summed E-state index contributed by atoms with van der Waals surface area (Å²) in [6, 6.07) is 6.50. The Bertz CT molecular complexity index is 438. The molecule has 1 aromatic carbocycles. The van der Waals surface area contributed by atoms with Crippen LogP contribution in [0.3, 0.4) is 0 Å². The second kappa shape index (κ2) is 7.43. The van der Waals surface area contributed by atoms with Gasteiger partial charge >= 0.3 is 0 Å². The largest absolute Gasteiger partial charge is 0.393 e. The Labute approximate surface area is 130 Å². The van der Waals surface area contributed by atoms with Crippen LogP contribution in [0.5, 0.6) is 0 Å². The van der Waals surface area contributed by atoms with Gasteiger partial charge in [-0.1, -0.05) is 35.8 Å². The number of anilines is 1. The first-order chi connectivity index (χ1) is 9.61. The standard InChI is InChI=1S/C16H25BrN2O/c1-3-7-18-10-13-4-5-14(17)9-15(13)19-8-6-16(20)12(2)11-19/h4-5,9,12,16,18,20H,3,6-8,10-11H2,1-2H3. The van der Waals surface area contributed by atoms with Gasteiger partial charge in [0.15, 0.2) is 0 Å². The van der Waals surface area contributed by atoms with E-state index in [2.05, 4.69) is 58.2 Å². The molecule has 2 N–H and O–H groups in total. The van der Waals surface area contributed by atoms with Crippen molar-refractivity contribution >= 4 is 21.6 Å². The zero-order valence-electron chi connectivity index (χ0n) is 12.4. The molecule has 0 spiro atoms.